The van der Waals surface area contributed by atoms with Gasteiger partial charge in [-0.3, -0.25) is 4.79 Å². The molecule has 3 aromatic carbocycles. The molecule has 6 heteroatoms. The second-order valence-electron chi connectivity index (χ2n) is 6.35. The van der Waals surface area contributed by atoms with Gasteiger partial charge >= 0.3 is 0 Å². The fraction of sp³-hybridized carbons (Fsp3) is 0.0455. The number of amides is 1. The molecule has 0 saturated carbocycles. The molecule has 2 N–H and O–H groups in total. The Kier molecular flexibility index (Phi) is 4.96. The van der Waals surface area contributed by atoms with Crippen LogP contribution < -0.4 is 5.32 Å². The predicted molar refractivity (Wildman–Crippen MR) is 109 cm³/mol. The second-order valence-corrected chi connectivity index (χ2v) is 7.27. The average molecular weight is 441 g/mol. The molecule has 0 bridgehead atoms. The number of carbonyl (C=O) groups is 1. The van der Waals surface area contributed by atoms with E-state index in [1.165, 1.54) is 18.2 Å². The fourth-order valence-corrected chi connectivity index (χ4v) is 3.59. The molecular formula is C22H15BrF2N2O. The summed E-state index contributed by atoms with van der Waals surface area (Å²) >= 11 is 3.30. The first kappa shape index (κ1) is 18.4. The number of H-pyrrole nitrogens is 1. The molecule has 0 fully saturated rings. The van der Waals surface area contributed by atoms with Crippen LogP contribution >= 0.6 is 15.9 Å². The summed E-state index contributed by atoms with van der Waals surface area (Å²) in [7, 11) is 0. The number of aromatic amines is 1. The van der Waals surface area contributed by atoms with Gasteiger partial charge in [-0.15, -0.1) is 0 Å². The zero-order chi connectivity index (χ0) is 19.7. The summed E-state index contributed by atoms with van der Waals surface area (Å²) in [6, 6.07) is 18.2. The molecule has 0 unspecified atom stereocenters. The van der Waals surface area contributed by atoms with Crippen molar-refractivity contribution < 1.29 is 13.6 Å². The van der Waals surface area contributed by atoms with Crippen LogP contribution in [0.1, 0.15) is 16.1 Å². The van der Waals surface area contributed by atoms with Crippen molar-refractivity contribution in [3.05, 3.63) is 94.1 Å². The van der Waals surface area contributed by atoms with Crippen LogP contribution in [0.3, 0.4) is 0 Å². The number of hydrogen-bond acceptors (Lipinski definition) is 1. The molecule has 1 amide bonds. The van der Waals surface area contributed by atoms with E-state index < -0.39 is 11.7 Å². The zero-order valence-corrected chi connectivity index (χ0v) is 16.2. The summed E-state index contributed by atoms with van der Waals surface area (Å²) in [4.78, 5) is 16.0. The Balaban J connectivity index is 1.73. The maximum absolute atomic E-state index is 14.0. The molecule has 140 valence electrons. The van der Waals surface area contributed by atoms with Crippen molar-refractivity contribution in [2.75, 3.05) is 0 Å². The molecule has 0 atom stereocenters. The summed E-state index contributed by atoms with van der Waals surface area (Å²) in [5.41, 5.74) is 2.73. The summed E-state index contributed by atoms with van der Waals surface area (Å²) < 4.78 is 28.5. The molecule has 4 rings (SSSR count). The number of carbonyl (C=O) groups excluding carboxylic acids is 1. The van der Waals surface area contributed by atoms with Crippen LogP contribution in [0.4, 0.5) is 8.78 Å². The van der Waals surface area contributed by atoms with Crippen LogP contribution in [0.25, 0.3) is 22.0 Å². The van der Waals surface area contributed by atoms with Gasteiger partial charge in [-0.1, -0.05) is 46.3 Å². The van der Waals surface area contributed by atoms with Crippen LogP contribution in [-0.4, -0.2) is 10.9 Å². The molecular weight excluding hydrogens is 426 g/mol. The third-order valence-electron chi connectivity index (χ3n) is 4.50. The molecule has 1 aromatic heterocycles. The van der Waals surface area contributed by atoms with Gasteiger partial charge in [0.2, 0.25) is 0 Å². The third kappa shape index (κ3) is 3.55. The van der Waals surface area contributed by atoms with Crippen molar-refractivity contribution in [1.29, 1.82) is 0 Å². The number of aromatic nitrogens is 1. The largest absolute Gasteiger partial charge is 0.350 e. The molecule has 3 nitrogen and oxygen atoms in total. The first-order valence-corrected chi connectivity index (χ1v) is 9.41. The van der Waals surface area contributed by atoms with E-state index in [2.05, 4.69) is 26.2 Å². The van der Waals surface area contributed by atoms with Gasteiger partial charge in [0.25, 0.3) is 5.91 Å². The number of hydrogen-bond donors (Lipinski definition) is 2. The van der Waals surface area contributed by atoms with Crippen molar-refractivity contribution in [3.63, 3.8) is 0 Å². The van der Waals surface area contributed by atoms with Gasteiger partial charge in [0.15, 0.2) is 0 Å². The smallest absolute Gasteiger partial charge is 0.268 e. The Morgan fingerprint density at radius 3 is 2.57 bits per heavy atom. The maximum atomic E-state index is 14.0. The highest BCUT2D eigenvalue weighted by Gasteiger charge is 2.20. The van der Waals surface area contributed by atoms with Crippen molar-refractivity contribution in [2.45, 2.75) is 6.54 Å². The first-order chi connectivity index (χ1) is 13.5. The van der Waals surface area contributed by atoms with Crippen molar-refractivity contribution in [2.24, 2.45) is 0 Å². The Hall–Kier alpha value is -2.99. The Bertz CT molecular complexity index is 1170. The fourth-order valence-electron chi connectivity index (χ4n) is 3.18. The minimum Gasteiger partial charge on any atom is -0.350 e. The van der Waals surface area contributed by atoms with Crippen molar-refractivity contribution in [3.8, 4) is 11.1 Å². The van der Waals surface area contributed by atoms with Crippen LogP contribution in [0.15, 0.2) is 71.2 Å². The second kappa shape index (κ2) is 7.56. The topological polar surface area (TPSA) is 44.9 Å². The standard InChI is InChI=1S/C22H15BrF2N2O/c23-15-6-8-18(25)14(10-15)12-26-22(28)21-20(13-4-2-1-3-5-13)17-11-16(24)7-9-19(17)27-21/h1-11,27H,12H2,(H,26,28). The molecule has 0 aliphatic heterocycles. The monoisotopic (exact) mass is 440 g/mol. The van der Waals surface area contributed by atoms with Gasteiger partial charge in [0.05, 0.1) is 0 Å². The number of fused-ring (bicyclic) bond motifs is 1. The summed E-state index contributed by atoms with van der Waals surface area (Å²) in [5, 5.41) is 3.36. The van der Waals surface area contributed by atoms with Crippen molar-refractivity contribution in [1.82, 2.24) is 10.3 Å². The van der Waals surface area contributed by atoms with Crippen LogP contribution in [-0.2, 0) is 6.54 Å². The highest BCUT2D eigenvalue weighted by atomic mass is 79.9. The van der Waals surface area contributed by atoms with Gasteiger partial charge in [-0.05, 0) is 42.0 Å². The minimum absolute atomic E-state index is 0.0298. The molecule has 0 spiro atoms. The molecule has 0 aliphatic carbocycles. The van der Waals surface area contributed by atoms with Gasteiger partial charge in [0, 0.05) is 33.0 Å². The van der Waals surface area contributed by atoms with Crippen LogP contribution in [0.5, 0.6) is 0 Å². The van der Waals surface area contributed by atoms with E-state index in [-0.39, 0.29) is 12.4 Å². The third-order valence-corrected chi connectivity index (χ3v) is 4.99. The maximum Gasteiger partial charge on any atom is 0.268 e. The summed E-state index contributed by atoms with van der Waals surface area (Å²) in [6.07, 6.45) is 0. The van der Waals surface area contributed by atoms with E-state index in [1.807, 2.05) is 30.3 Å². The summed E-state index contributed by atoms with van der Waals surface area (Å²) in [6.45, 7) is 0.0298. The Morgan fingerprint density at radius 2 is 1.79 bits per heavy atom. The molecule has 0 aliphatic rings. The minimum atomic E-state index is -0.398. The quantitative estimate of drug-likeness (QED) is 0.413. The first-order valence-electron chi connectivity index (χ1n) is 8.61. The highest BCUT2D eigenvalue weighted by molar-refractivity contribution is 9.10. The van der Waals surface area contributed by atoms with E-state index in [1.54, 1.807) is 18.2 Å². The van der Waals surface area contributed by atoms with Gasteiger partial charge in [-0.25, -0.2) is 8.78 Å². The lowest BCUT2D eigenvalue weighted by Crippen LogP contribution is -2.24. The summed E-state index contributed by atoms with van der Waals surface area (Å²) in [5.74, 6) is -1.17. The number of nitrogens with one attached hydrogen (secondary N) is 2. The molecule has 1 heterocycles. The van der Waals surface area contributed by atoms with E-state index in [0.29, 0.717) is 27.7 Å². The SMILES string of the molecule is O=C(NCc1cc(Br)ccc1F)c1[nH]c2ccc(F)cc2c1-c1ccccc1. The Morgan fingerprint density at radius 1 is 1.00 bits per heavy atom. The van der Waals surface area contributed by atoms with Crippen molar-refractivity contribution >= 4 is 32.7 Å². The number of halogens is 3. The van der Waals surface area contributed by atoms with E-state index in [4.69, 9.17) is 0 Å². The molecule has 28 heavy (non-hydrogen) atoms. The Labute approximate surface area is 168 Å². The number of rotatable bonds is 4. The average Bonchev–Trinajstić information content (AvgIpc) is 3.07. The normalized spacial score (nSPS) is 11.0. The van der Waals surface area contributed by atoms with E-state index >= 15 is 0 Å². The number of benzene rings is 3. The van der Waals surface area contributed by atoms with Gasteiger partial charge in [-0.2, -0.15) is 0 Å². The highest BCUT2D eigenvalue weighted by Crippen LogP contribution is 2.33. The molecule has 0 radical (unpaired) electrons. The molecule has 0 saturated heterocycles. The lowest BCUT2D eigenvalue weighted by Gasteiger charge is -2.08. The van der Waals surface area contributed by atoms with Gasteiger partial charge < -0.3 is 10.3 Å². The lowest BCUT2D eigenvalue weighted by atomic mass is 10.0. The molecule has 4 aromatic rings. The lowest BCUT2D eigenvalue weighted by molar-refractivity contribution is 0.0947. The van der Waals surface area contributed by atoms with Gasteiger partial charge in [0.1, 0.15) is 17.3 Å². The zero-order valence-electron chi connectivity index (χ0n) is 14.6. The van der Waals surface area contributed by atoms with E-state index in [9.17, 15) is 13.6 Å². The van der Waals surface area contributed by atoms with Crippen LogP contribution in [0, 0.1) is 11.6 Å². The van der Waals surface area contributed by atoms with Crippen LogP contribution in [0.2, 0.25) is 0 Å². The predicted octanol–water partition coefficient (Wildman–Crippen LogP) is 5.81. The van der Waals surface area contributed by atoms with E-state index in [0.717, 1.165) is 10.0 Å².